The molecule has 2 atom stereocenters. The quantitative estimate of drug-likeness (QED) is 0.561. The second-order valence-corrected chi connectivity index (χ2v) is 4.65. The van der Waals surface area contributed by atoms with Crippen molar-refractivity contribution in [2.75, 3.05) is 26.3 Å². The fourth-order valence-corrected chi connectivity index (χ4v) is 2.20. The first kappa shape index (κ1) is 16.3. The zero-order chi connectivity index (χ0) is 15.0. The Bertz CT molecular complexity index is 400. The molecule has 1 heterocycles. The van der Waals surface area contributed by atoms with Crippen LogP contribution < -0.4 is 5.32 Å². The molecule has 2 amide bonds. The molecule has 20 heavy (non-hydrogen) atoms. The molecule has 6 nitrogen and oxygen atoms in total. The fourth-order valence-electron chi connectivity index (χ4n) is 2.20. The van der Waals surface area contributed by atoms with Gasteiger partial charge in [0, 0.05) is 19.5 Å². The predicted molar refractivity (Wildman–Crippen MR) is 74.2 cm³/mol. The molecular weight excluding hydrogens is 260 g/mol. The van der Waals surface area contributed by atoms with Crippen LogP contribution in [0.3, 0.4) is 0 Å². The van der Waals surface area contributed by atoms with E-state index in [0.717, 1.165) is 6.42 Å². The lowest BCUT2D eigenvalue weighted by molar-refractivity contribution is -0.142. The van der Waals surface area contributed by atoms with Crippen molar-refractivity contribution in [3.8, 4) is 11.8 Å². The number of aliphatic carboxylic acids is 1. The minimum Gasteiger partial charge on any atom is -0.481 e. The third-order valence-electron chi connectivity index (χ3n) is 3.20. The van der Waals surface area contributed by atoms with Crippen LogP contribution in [0.15, 0.2) is 0 Å². The second-order valence-electron chi connectivity index (χ2n) is 4.65. The highest BCUT2D eigenvalue weighted by Crippen LogP contribution is 2.20. The summed E-state index contributed by atoms with van der Waals surface area (Å²) < 4.78 is 5.23. The number of carboxylic acid groups (broad SMARTS) is 1. The van der Waals surface area contributed by atoms with Crippen molar-refractivity contribution in [3.63, 3.8) is 0 Å². The first-order valence-corrected chi connectivity index (χ1v) is 6.86. The van der Waals surface area contributed by atoms with Gasteiger partial charge in [-0.05, 0) is 13.3 Å². The number of nitrogens with zero attached hydrogens (tertiary/aromatic N) is 1. The predicted octanol–water partition coefficient (Wildman–Crippen LogP) is 0.921. The Hall–Kier alpha value is -1.74. The van der Waals surface area contributed by atoms with Gasteiger partial charge in [0.2, 0.25) is 0 Å². The Morgan fingerprint density at radius 1 is 1.45 bits per heavy atom. The van der Waals surface area contributed by atoms with Crippen molar-refractivity contribution in [3.05, 3.63) is 0 Å². The van der Waals surface area contributed by atoms with E-state index in [1.165, 1.54) is 0 Å². The van der Waals surface area contributed by atoms with Crippen LogP contribution in [0.5, 0.6) is 0 Å². The number of carbonyl (C=O) groups is 2. The summed E-state index contributed by atoms with van der Waals surface area (Å²) in [6.07, 6.45) is 1.36. The van der Waals surface area contributed by atoms with E-state index in [1.807, 2.05) is 6.92 Å². The molecule has 0 spiro atoms. The molecule has 1 fully saturated rings. The summed E-state index contributed by atoms with van der Waals surface area (Å²) in [5.74, 6) is 4.06. The number of urea groups is 1. The Kier molecular flexibility index (Phi) is 6.88. The summed E-state index contributed by atoms with van der Waals surface area (Å²) >= 11 is 0. The molecule has 1 aliphatic heterocycles. The molecule has 2 N–H and O–H groups in total. The monoisotopic (exact) mass is 282 g/mol. The number of hydrogen-bond donors (Lipinski definition) is 2. The third kappa shape index (κ3) is 4.42. The number of rotatable bonds is 6. The number of nitrogens with one attached hydrogen (secondary N) is 1. The van der Waals surface area contributed by atoms with Gasteiger partial charge >= 0.3 is 12.0 Å². The Labute approximate surface area is 119 Å². The molecule has 0 aliphatic carbocycles. The molecule has 1 aliphatic rings. The molecule has 0 aromatic rings. The molecule has 1 rings (SSSR count). The van der Waals surface area contributed by atoms with E-state index in [4.69, 9.17) is 4.74 Å². The van der Waals surface area contributed by atoms with Crippen LogP contribution in [0.25, 0.3) is 0 Å². The van der Waals surface area contributed by atoms with E-state index in [-0.39, 0.29) is 19.2 Å². The van der Waals surface area contributed by atoms with Gasteiger partial charge in [-0.15, -0.1) is 11.8 Å². The summed E-state index contributed by atoms with van der Waals surface area (Å²) in [6, 6.07) is -0.642. The third-order valence-corrected chi connectivity index (χ3v) is 3.20. The summed E-state index contributed by atoms with van der Waals surface area (Å²) in [5.41, 5.74) is 0. The molecule has 0 radical (unpaired) electrons. The van der Waals surface area contributed by atoms with E-state index < -0.39 is 17.9 Å². The number of amides is 2. The van der Waals surface area contributed by atoms with Gasteiger partial charge in [0.05, 0.1) is 19.3 Å². The maximum atomic E-state index is 12.2. The number of carboxylic acids is 1. The highest BCUT2D eigenvalue weighted by Gasteiger charge is 2.39. The topological polar surface area (TPSA) is 78.9 Å². The largest absolute Gasteiger partial charge is 0.481 e. The lowest BCUT2D eigenvalue weighted by atomic mass is 10.0. The van der Waals surface area contributed by atoms with Crippen LogP contribution in [0, 0.1) is 17.8 Å². The Morgan fingerprint density at radius 3 is 2.80 bits per heavy atom. The lowest BCUT2D eigenvalue weighted by Gasteiger charge is -2.30. The summed E-state index contributed by atoms with van der Waals surface area (Å²) in [4.78, 5) is 24.9. The smallest absolute Gasteiger partial charge is 0.317 e. The molecule has 112 valence electrons. The van der Waals surface area contributed by atoms with Crippen molar-refractivity contribution in [1.82, 2.24) is 10.2 Å². The van der Waals surface area contributed by atoms with E-state index >= 15 is 0 Å². The first-order valence-electron chi connectivity index (χ1n) is 6.86. The van der Waals surface area contributed by atoms with E-state index in [0.29, 0.717) is 19.5 Å². The molecule has 0 aromatic heterocycles. The standard InChI is InChI=1S/C14H22N2O4/c1-3-5-6-7-15-14(19)16(8-4-2)12-10-20-9-11(12)13(17)18/h11-12H,4,6-10H2,1-2H3,(H,15,19)(H,17,18). The molecule has 0 bridgehead atoms. The highest BCUT2D eigenvalue weighted by atomic mass is 16.5. The van der Waals surface area contributed by atoms with Crippen LogP contribution in [-0.2, 0) is 9.53 Å². The van der Waals surface area contributed by atoms with Gasteiger partial charge < -0.3 is 20.1 Å². The van der Waals surface area contributed by atoms with E-state index in [2.05, 4.69) is 17.2 Å². The van der Waals surface area contributed by atoms with Gasteiger partial charge in [-0.25, -0.2) is 4.79 Å². The Balaban J connectivity index is 2.63. The molecule has 0 saturated carbocycles. The summed E-state index contributed by atoms with van der Waals surface area (Å²) in [6.45, 7) is 5.12. The second kappa shape index (κ2) is 8.43. The molecular formula is C14H22N2O4. The number of ether oxygens (including phenoxy) is 1. The highest BCUT2D eigenvalue weighted by molar-refractivity contribution is 5.77. The molecule has 0 aromatic carbocycles. The maximum absolute atomic E-state index is 12.2. The average molecular weight is 282 g/mol. The number of hydrogen-bond acceptors (Lipinski definition) is 3. The molecule has 1 saturated heterocycles. The fraction of sp³-hybridized carbons (Fsp3) is 0.714. The van der Waals surface area contributed by atoms with Gasteiger partial charge in [-0.1, -0.05) is 6.92 Å². The van der Waals surface area contributed by atoms with Crippen molar-refractivity contribution >= 4 is 12.0 Å². The SMILES string of the molecule is CC#CCCNC(=O)N(CCC)C1COCC1C(=O)O. The summed E-state index contributed by atoms with van der Waals surface area (Å²) in [7, 11) is 0. The minimum atomic E-state index is -0.918. The van der Waals surface area contributed by atoms with Gasteiger partial charge in [0.15, 0.2) is 0 Å². The summed E-state index contributed by atoms with van der Waals surface area (Å²) in [5, 5.41) is 11.9. The Morgan fingerprint density at radius 2 is 2.20 bits per heavy atom. The van der Waals surface area contributed by atoms with Crippen LogP contribution >= 0.6 is 0 Å². The lowest BCUT2D eigenvalue weighted by Crippen LogP contribution is -2.51. The molecule has 2 unspecified atom stereocenters. The van der Waals surface area contributed by atoms with Crippen molar-refractivity contribution in [2.45, 2.75) is 32.7 Å². The van der Waals surface area contributed by atoms with Crippen molar-refractivity contribution in [1.29, 1.82) is 0 Å². The van der Waals surface area contributed by atoms with E-state index in [1.54, 1.807) is 11.8 Å². The number of carbonyl (C=O) groups excluding carboxylic acids is 1. The molecule has 6 heteroatoms. The van der Waals surface area contributed by atoms with Crippen LogP contribution in [0.1, 0.15) is 26.7 Å². The zero-order valence-electron chi connectivity index (χ0n) is 12.0. The van der Waals surface area contributed by atoms with Crippen molar-refractivity contribution in [2.24, 2.45) is 5.92 Å². The minimum absolute atomic E-state index is 0.162. The van der Waals surface area contributed by atoms with Gasteiger partial charge in [-0.2, -0.15) is 0 Å². The zero-order valence-corrected chi connectivity index (χ0v) is 12.0. The van der Waals surface area contributed by atoms with Crippen LogP contribution in [0.4, 0.5) is 4.79 Å². The van der Waals surface area contributed by atoms with Gasteiger partial charge in [-0.3, -0.25) is 4.79 Å². The maximum Gasteiger partial charge on any atom is 0.317 e. The van der Waals surface area contributed by atoms with Gasteiger partial charge in [0.25, 0.3) is 0 Å². The first-order chi connectivity index (χ1) is 9.61. The average Bonchev–Trinajstić information content (AvgIpc) is 2.90. The van der Waals surface area contributed by atoms with Crippen LogP contribution in [0.2, 0.25) is 0 Å². The van der Waals surface area contributed by atoms with Crippen molar-refractivity contribution < 1.29 is 19.4 Å². The van der Waals surface area contributed by atoms with Crippen LogP contribution in [-0.4, -0.2) is 54.4 Å². The van der Waals surface area contributed by atoms with Gasteiger partial charge in [0.1, 0.15) is 5.92 Å². The van der Waals surface area contributed by atoms with E-state index in [9.17, 15) is 14.7 Å². The normalized spacial score (nSPS) is 20.9.